The number of rotatable bonds is 4. The van der Waals surface area contributed by atoms with E-state index in [4.69, 9.17) is 11.5 Å². The minimum atomic E-state index is 0.806. The third-order valence-electron chi connectivity index (χ3n) is 4.13. The number of nitrogens with two attached hydrogens (primary N) is 2. The zero-order valence-corrected chi connectivity index (χ0v) is 15.9. The summed E-state index contributed by atoms with van der Waals surface area (Å²) >= 11 is 0. The van der Waals surface area contributed by atoms with Gasteiger partial charge in [0.25, 0.3) is 0 Å². The van der Waals surface area contributed by atoms with Crippen LogP contribution >= 0.6 is 0 Å². The second kappa shape index (κ2) is 10.5. The van der Waals surface area contributed by atoms with Gasteiger partial charge in [0.05, 0.1) is 0 Å². The first-order chi connectivity index (χ1) is 13.2. The molecular formula is C24H27N3. The van der Waals surface area contributed by atoms with Crippen LogP contribution in [-0.2, 0) is 0 Å². The molecule has 0 atom stereocenters. The van der Waals surface area contributed by atoms with Gasteiger partial charge in [-0.3, -0.25) is 0 Å². The molecule has 3 aromatic carbocycles. The second-order valence-corrected chi connectivity index (χ2v) is 5.98. The highest BCUT2D eigenvalue weighted by Crippen LogP contribution is 2.31. The first kappa shape index (κ1) is 19.9. The molecule has 0 radical (unpaired) electrons. The predicted molar refractivity (Wildman–Crippen MR) is 119 cm³/mol. The Morgan fingerprint density at radius 3 is 2.04 bits per heavy atom. The van der Waals surface area contributed by atoms with Gasteiger partial charge in [0, 0.05) is 29.5 Å². The predicted octanol–water partition coefficient (Wildman–Crippen LogP) is 5.54. The van der Waals surface area contributed by atoms with Crippen molar-refractivity contribution in [1.29, 1.82) is 0 Å². The molecule has 0 fully saturated rings. The van der Waals surface area contributed by atoms with Gasteiger partial charge in [0.15, 0.2) is 0 Å². The molecule has 0 amide bonds. The van der Waals surface area contributed by atoms with Crippen LogP contribution in [0.25, 0.3) is 16.7 Å². The van der Waals surface area contributed by atoms with Crippen LogP contribution in [0.2, 0.25) is 0 Å². The maximum absolute atomic E-state index is 5.95. The Balaban J connectivity index is 0.000000199. The Morgan fingerprint density at radius 2 is 1.41 bits per heavy atom. The quantitative estimate of drug-likeness (QED) is 0.424. The van der Waals surface area contributed by atoms with E-state index in [1.165, 1.54) is 17.3 Å². The number of hydrogen-bond donors (Lipinski definition) is 3. The van der Waals surface area contributed by atoms with E-state index >= 15 is 0 Å². The van der Waals surface area contributed by atoms with Crippen LogP contribution < -0.4 is 16.8 Å². The second-order valence-electron chi connectivity index (χ2n) is 5.98. The molecule has 0 aliphatic rings. The molecule has 138 valence electrons. The zero-order valence-electron chi connectivity index (χ0n) is 15.9. The maximum atomic E-state index is 5.95. The van der Waals surface area contributed by atoms with Crippen LogP contribution in [0.3, 0.4) is 0 Å². The van der Waals surface area contributed by atoms with Crippen molar-refractivity contribution in [2.24, 2.45) is 5.73 Å². The topological polar surface area (TPSA) is 64.1 Å². The summed E-state index contributed by atoms with van der Waals surface area (Å²) in [6.07, 6.45) is 5.37. The van der Waals surface area contributed by atoms with Crippen molar-refractivity contribution < 1.29 is 0 Å². The highest BCUT2D eigenvalue weighted by atomic mass is 14.8. The molecule has 27 heavy (non-hydrogen) atoms. The lowest BCUT2D eigenvalue weighted by molar-refractivity contribution is 1.50. The number of nitrogen functional groups attached to an aromatic ring is 1. The van der Waals surface area contributed by atoms with Crippen molar-refractivity contribution in [3.8, 4) is 11.1 Å². The zero-order chi connectivity index (χ0) is 19.5. The van der Waals surface area contributed by atoms with Gasteiger partial charge in [-0.1, -0.05) is 72.8 Å². The van der Waals surface area contributed by atoms with E-state index < -0.39 is 0 Å². The van der Waals surface area contributed by atoms with Crippen molar-refractivity contribution in [1.82, 2.24) is 0 Å². The average Bonchev–Trinajstić information content (AvgIpc) is 2.73. The molecule has 3 rings (SSSR count). The molecule has 0 spiro atoms. The summed E-state index contributed by atoms with van der Waals surface area (Å²) in [5.41, 5.74) is 17.7. The molecule has 5 N–H and O–H groups in total. The highest BCUT2D eigenvalue weighted by Gasteiger charge is 2.05. The highest BCUT2D eigenvalue weighted by molar-refractivity contribution is 5.84. The molecule has 3 aromatic rings. The molecular weight excluding hydrogens is 330 g/mol. The summed E-state index contributed by atoms with van der Waals surface area (Å²) in [4.78, 5) is 0. The minimum absolute atomic E-state index is 0.806. The summed E-state index contributed by atoms with van der Waals surface area (Å²) in [6, 6.07) is 26.3. The largest absolute Gasteiger partial charge is 0.405 e. The normalized spacial score (nSPS) is 11.0. The number of anilines is 2. The van der Waals surface area contributed by atoms with Gasteiger partial charge in [0.2, 0.25) is 0 Å². The van der Waals surface area contributed by atoms with E-state index in [0.29, 0.717) is 0 Å². The summed E-state index contributed by atoms with van der Waals surface area (Å²) in [5, 5.41) is 3.17. The van der Waals surface area contributed by atoms with Gasteiger partial charge in [0.1, 0.15) is 0 Å². The molecule has 0 aliphatic heterocycles. The van der Waals surface area contributed by atoms with Gasteiger partial charge >= 0.3 is 0 Å². The fourth-order valence-corrected chi connectivity index (χ4v) is 2.68. The molecule has 0 heterocycles. The van der Waals surface area contributed by atoms with E-state index in [9.17, 15) is 0 Å². The number of allylic oxidation sites excluding steroid dienone is 3. The van der Waals surface area contributed by atoms with E-state index in [0.717, 1.165) is 22.5 Å². The third kappa shape index (κ3) is 5.79. The van der Waals surface area contributed by atoms with Crippen LogP contribution in [0.4, 0.5) is 11.4 Å². The summed E-state index contributed by atoms with van der Waals surface area (Å²) in [7, 11) is 1.91. The molecule has 3 heteroatoms. The fourth-order valence-electron chi connectivity index (χ4n) is 2.68. The molecule has 0 aromatic heterocycles. The van der Waals surface area contributed by atoms with Crippen molar-refractivity contribution in [2.75, 3.05) is 18.1 Å². The third-order valence-corrected chi connectivity index (χ3v) is 4.13. The SMILES string of the molecule is C/C(=C\C=C/N)c1ccccc1.CNc1ccccc1-c1ccccc1N. The van der Waals surface area contributed by atoms with Gasteiger partial charge in [-0.25, -0.2) is 0 Å². The molecule has 0 bridgehead atoms. The average molecular weight is 358 g/mol. The van der Waals surface area contributed by atoms with Gasteiger partial charge in [-0.2, -0.15) is 0 Å². The van der Waals surface area contributed by atoms with Gasteiger partial charge in [-0.15, -0.1) is 0 Å². The molecule has 0 saturated heterocycles. The lowest BCUT2D eigenvalue weighted by atomic mass is 10.0. The van der Waals surface area contributed by atoms with Crippen molar-refractivity contribution in [2.45, 2.75) is 6.92 Å². The molecule has 0 aliphatic carbocycles. The first-order valence-electron chi connectivity index (χ1n) is 8.89. The molecule has 0 saturated carbocycles. The Morgan fingerprint density at radius 1 is 0.815 bits per heavy atom. The van der Waals surface area contributed by atoms with E-state index in [1.807, 2.05) is 79.9 Å². The summed E-state index contributed by atoms with van der Waals surface area (Å²) < 4.78 is 0. The van der Waals surface area contributed by atoms with Crippen LogP contribution in [0.5, 0.6) is 0 Å². The first-order valence-corrected chi connectivity index (χ1v) is 8.89. The lowest BCUT2D eigenvalue weighted by Crippen LogP contribution is -1.94. The van der Waals surface area contributed by atoms with E-state index in [2.05, 4.69) is 30.4 Å². The lowest BCUT2D eigenvalue weighted by Gasteiger charge is -2.10. The van der Waals surface area contributed by atoms with E-state index in [-0.39, 0.29) is 0 Å². The Labute approximate surface area is 162 Å². The summed E-state index contributed by atoms with van der Waals surface area (Å²) in [6.45, 7) is 2.06. The van der Waals surface area contributed by atoms with Gasteiger partial charge < -0.3 is 16.8 Å². The summed E-state index contributed by atoms with van der Waals surface area (Å²) in [5.74, 6) is 0. The van der Waals surface area contributed by atoms with Crippen LogP contribution in [0, 0.1) is 0 Å². The maximum Gasteiger partial charge on any atom is 0.0418 e. The monoisotopic (exact) mass is 357 g/mol. The number of hydrogen-bond acceptors (Lipinski definition) is 3. The standard InChI is InChI=1S/C13H14N2.C11H13N/c1-15-13-9-5-3-7-11(13)10-6-2-4-8-12(10)14;1-10(6-5-9-12)11-7-3-2-4-8-11/h2-9,15H,14H2,1H3;2-9H,12H2,1H3/b;9-5-,10-6+. The molecule has 3 nitrogen and oxygen atoms in total. The van der Waals surface area contributed by atoms with Crippen LogP contribution in [0.1, 0.15) is 12.5 Å². The number of para-hydroxylation sites is 2. The van der Waals surface area contributed by atoms with Gasteiger partial charge in [-0.05, 0) is 42.5 Å². The van der Waals surface area contributed by atoms with Crippen molar-refractivity contribution in [3.05, 3.63) is 103 Å². The van der Waals surface area contributed by atoms with Crippen LogP contribution in [0.15, 0.2) is 97.2 Å². The van der Waals surface area contributed by atoms with Crippen molar-refractivity contribution >= 4 is 16.9 Å². The Hall–Kier alpha value is -3.46. The smallest absolute Gasteiger partial charge is 0.0418 e. The van der Waals surface area contributed by atoms with Crippen LogP contribution in [-0.4, -0.2) is 7.05 Å². The minimum Gasteiger partial charge on any atom is -0.405 e. The van der Waals surface area contributed by atoms with E-state index in [1.54, 1.807) is 0 Å². The fraction of sp³-hybridized carbons (Fsp3) is 0.0833. The Bertz CT molecular complexity index is 896. The molecule has 0 unspecified atom stereocenters. The Kier molecular flexibility index (Phi) is 7.73. The number of benzene rings is 3. The number of nitrogens with one attached hydrogen (secondary N) is 1. The van der Waals surface area contributed by atoms with Crippen molar-refractivity contribution in [3.63, 3.8) is 0 Å².